The van der Waals surface area contributed by atoms with Crippen LogP contribution in [0.3, 0.4) is 0 Å². The van der Waals surface area contributed by atoms with E-state index in [0.29, 0.717) is 11.6 Å². The highest BCUT2D eigenvalue weighted by molar-refractivity contribution is 6.31. The van der Waals surface area contributed by atoms with Gasteiger partial charge in [-0.05, 0) is 44.5 Å². The van der Waals surface area contributed by atoms with Crippen molar-refractivity contribution < 1.29 is 22.8 Å². The van der Waals surface area contributed by atoms with Crippen molar-refractivity contribution in [2.24, 2.45) is 4.99 Å². The largest absolute Gasteiger partial charge is 0.435 e. The minimum atomic E-state index is -4.80. The van der Waals surface area contributed by atoms with Gasteiger partial charge in [-0.1, -0.05) is 17.7 Å². The normalized spacial score (nSPS) is 18.0. The van der Waals surface area contributed by atoms with Crippen molar-refractivity contribution in [1.29, 1.82) is 0 Å². The van der Waals surface area contributed by atoms with E-state index in [0.717, 1.165) is 4.68 Å². The highest BCUT2D eigenvalue weighted by atomic mass is 35.5. The van der Waals surface area contributed by atoms with E-state index in [1.165, 1.54) is 24.4 Å². The third-order valence-corrected chi connectivity index (χ3v) is 5.21. The molecule has 0 aliphatic carbocycles. The smallest absolute Gasteiger partial charge is 0.350 e. The number of nitrogens with zero attached hydrogens (tertiary/aromatic N) is 3. The highest BCUT2D eigenvalue weighted by Crippen LogP contribution is 2.33. The number of hydrogen-bond acceptors (Lipinski definition) is 4. The molecule has 176 valence electrons. The fourth-order valence-corrected chi connectivity index (χ4v) is 3.71. The summed E-state index contributed by atoms with van der Waals surface area (Å²) in [5.74, 6) is -1.42. The lowest BCUT2D eigenvalue weighted by Gasteiger charge is -2.21. The lowest BCUT2D eigenvalue weighted by atomic mass is 10.1. The molecule has 2 heterocycles. The van der Waals surface area contributed by atoms with Crippen molar-refractivity contribution >= 4 is 46.9 Å². The number of anilines is 1. The van der Waals surface area contributed by atoms with Gasteiger partial charge in [-0.3, -0.25) is 14.6 Å². The van der Waals surface area contributed by atoms with Crippen molar-refractivity contribution in [3.8, 4) is 0 Å². The number of halogens is 5. The molecule has 0 saturated heterocycles. The molecule has 7 nitrogen and oxygen atoms in total. The van der Waals surface area contributed by atoms with Crippen LogP contribution in [0.2, 0.25) is 5.02 Å². The van der Waals surface area contributed by atoms with E-state index in [1.54, 1.807) is 26.8 Å². The van der Waals surface area contributed by atoms with E-state index in [-0.39, 0.29) is 22.3 Å². The van der Waals surface area contributed by atoms with Gasteiger partial charge in [0.05, 0.1) is 16.6 Å². The zero-order chi connectivity index (χ0) is 24.5. The predicted molar refractivity (Wildman–Crippen MR) is 120 cm³/mol. The standard InChI is InChI=1S/C21H20Cl2F3N5O2/c1-10(2)28-19(32)13-8-12(22)7-11(3)17(13)29-20(33)15-9-16(21(24,25)26)30-31(15)18-14(23)5-4-6-27-18/h4-10,14,18H,1-3H3,(H,28,32)(H,29,33)/t14?,18-/m1/s1. The molecule has 2 aromatic rings. The van der Waals surface area contributed by atoms with Gasteiger partial charge in [0.15, 0.2) is 11.9 Å². The molecule has 0 bridgehead atoms. The number of aliphatic imine (C=N–C) groups is 1. The Morgan fingerprint density at radius 1 is 1.18 bits per heavy atom. The SMILES string of the molecule is Cc1cc(Cl)cc(C(=O)NC(C)C)c1NC(=O)c1cc(C(F)(F)F)nn1[C@H]1N=CC=CC1Cl. The van der Waals surface area contributed by atoms with Gasteiger partial charge in [0.25, 0.3) is 11.8 Å². The molecule has 1 aliphatic heterocycles. The molecule has 0 fully saturated rings. The maximum atomic E-state index is 13.4. The Hall–Kier alpha value is -2.85. The van der Waals surface area contributed by atoms with Gasteiger partial charge >= 0.3 is 6.18 Å². The van der Waals surface area contributed by atoms with E-state index < -0.39 is 40.9 Å². The summed E-state index contributed by atoms with van der Waals surface area (Å²) in [4.78, 5) is 29.9. The number of carbonyl (C=O) groups is 2. The molecule has 1 aromatic carbocycles. The first-order chi connectivity index (χ1) is 15.4. The van der Waals surface area contributed by atoms with E-state index in [9.17, 15) is 22.8 Å². The fourth-order valence-electron chi connectivity index (χ4n) is 3.18. The van der Waals surface area contributed by atoms with E-state index in [2.05, 4.69) is 20.7 Å². The monoisotopic (exact) mass is 501 g/mol. The van der Waals surface area contributed by atoms with Gasteiger partial charge in [-0.15, -0.1) is 11.6 Å². The average Bonchev–Trinajstić information content (AvgIpc) is 3.15. The molecule has 1 aromatic heterocycles. The zero-order valence-electron chi connectivity index (χ0n) is 17.7. The summed E-state index contributed by atoms with van der Waals surface area (Å²) < 4.78 is 41.0. The number of benzene rings is 1. The number of rotatable bonds is 5. The van der Waals surface area contributed by atoms with Gasteiger partial charge in [-0.25, -0.2) is 4.68 Å². The van der Waals surface area contributed by atoms with Gasteiger partial charge in [-0.2, -0.15) is 18.3 Å². The lowest BCUT2D eigenvalue weighted by molar-refractivity contribution is -0.141. The van der Waals surface area contributed by atoms with Crippen LogP contribution in [-0.4, -0.2) is 39.2 Å². The number of aryl methyl sites for hydroxylation is 1. The van der Waals surface area contributed by atoms with Crippen LogP contribution in [0.1, 0.15) is 52.1 Å². The Bertz CT molecular complexity index is 1140. The third kappa shape index (κ3) is 5.56. The highest BCUT2D eigenvalue weighted by Gasteiger charge is 2.38. The maximum absolute atomic E-state index is 13.4. The Morgan fingerprint density at radius 2 is 1.88 bits per heavy atom. The molecular formula is C21H20Cl2F3N5O2. The summed E-state index contributed by atoms with van der Waals surface area (Å²) >= 11 is 12.3. The van der Waals surface area contributed by atoms with Crippen molar-refractivity contribution in [2.45, 2.75) is 44.5 Å². The fraction of sp³-hybridized carbons (Fsp3) is 0.333. The number of dihydropyridines is 1. The number of carbonyl (C=O) groups excluding carboxylic acids is 2. The van der Waals surface area contributed by atoms with Crippen molar-refractivity contribution in [3.05, 3.63) is 57.9 Å². The quantitative estimate of drug-likeness (QED) is 0.565. The molecule has 33 heavy (non-hydrogen) atoms. The van der Waals surface area contributed by atoms with Crippen LogP contribution in [0.5, 0.6) is 0 Å². The van der Waals surface area contributed by atoms with E-state index in [1.807, 2.05) is 0 Å². The van der Waals surface area contributed by atoms with Crippen molar-refractivity contribution in [3.63, 3.8) is 0 Å². The molecule has 12 heteroatoms. The Kier molecular flexibility index (Phi) is 7.18. The Morgan fingerprint density at radius 3 is 2.48 bits per heavy atom. The number of aromatic nitrogens is 2. The van der Waals surface area contributed by atoms with Crippen LogP contribution in [0.15, 0.2) is 35.3 Å². The Labute approximate surface area is 197 Å². The molecule has 1 unspecified atom stereocenters. The van der Waals surface area contributed by atoms with Gasteiger partial charge in [0, 0.05) is 23.3 Å². The first-order valence-corrected chi connectivity index (χ1v) is 10.6. The second kappa shape index (κ2) is 9.56. The second-order valence-electron chi connectivity index (χ2n) is 7.63. The topological polar surface area (TPSA) is 88.4 Å². The second-order valence-corrected chi connectivity index (χ2v) is 8.57. The summed E-state index contributed by atoms with van der Waals surface area (Å²) in [6, 6.07) is 3.30. The number of hydrogen-bond donors (Lipinski definition) is 2. The summed E-state index contributed by atoms with van der Waals surface area (Å²) in [6.07, 6.45) is -1.44. The third-order valence-electron chi connectivity index (χ3n) is 4.62. The molecule has 0 saturated carbocycles. The van der Waals surface area contributed by atoms with E-state index >= 15 is 0 Å². The lowest BCUT2D eigenvalue weighted by Crippen LogP contribution is -2.31. The number of alkyl halides is 4. The van der Waals surface area contributed by atoms with Crippen LogP contribution < -0.4 is 10.6 Å². The molecule has 2 atom stereocenters. The van der Waals surface area contributed by atoms with Crippen LogP contribution in [0.25, 0.3) is 0 Å². The summed E-state index contributed by atoms with van der Waals surface area (Å²) in [5.41, 5.74) is -1.07. The molecular weight excluding hydrogens is 482 g/mol. The van der Waals surface area contributed by atoms with Crippen LogP contribution in [-0.2, 0) is 6.18 Å². The minimum Gasteiger partial charge on any atom is -0.350 e. The van der Waals surface area contributed by atoms with Crippen LogP contribution >= 0.6 is 23.2 Å². The van der Waals surface area contributed by atoms with E-state index in [4.69, 9.17) is 23.2 Å². The first-order valence-electron chi connectivity index (χ1n) is 9.81. The van der Waals surface area contributed by atoms with Crippen molar-refractivity contribution in [1.82, 2.24) is 15.1 Å². The summed E-state index contributed by atoms with van der Waals surface area (Å²) in [5, 5.41) is 8.22. The number of amides is 2. The van der Waals surface area contributed by atoms with Gasteiger partial charge in [0.2, 0.25) is 0 Å². The van der Waals surface area contributed by atoms with Crippen LogP contribution in [0, 0.1) is 6.92 Å². The zero-order valence-corrected chi connectivity index (χ0v) is 19.3. The van der Waals surface area contributed by atoms with Crippen molar-refractivity contribution in [2.75, 3.05) is 5.32 Å². The van der Waals surface area contributed by atoms with Gasteiger partial charge in [0.1, 0.15) is 5.69 Å². The minimum absolute atomic E-state index is 0.0676. The maximum Gasteiger partial charge on any atom is 0.435 e. The molecule has 0 spiro atoms. The van der Waals surface area contributed by atoms with Gasteiger partial charge < -0.3 is 10.6 Å². The van der Waals surface area contributed by atoms with Crippen LogP contribution in [0.4, 0.5) is 18.9 Å². The summed E-state index contributed by atoms with van der Waals surface area (Å²) in [6.45, 7) is 5.12. The number of allylic oxidation sites excluding steroid dienone is 1. The molecule has 3 rings (SSSR count). The number of nitrogens with one attached hydrogen (secondary N) is 2. The molecule has 2 amide bonds. The molecule has 0 radical (unpaired) electrons. The molecule has 1 aliphatic rings. The predicted octanol–water partition coefficient (Wildman–Crippen LogP) is 5.00. The summed E-state index contributed by atoms with van der Waals surface area (Å²) in [7, 11) is 0. The Balaban J connectivity index is 2.05. The average molecular weight is 502 g/mol. The molecule has 2 N–H and O–H groups in total. The first kappa shape index (κ1) is 24.8.